The third kappa shape index (κ3) is 3.75. The molecule has 4 aromatic rings. The van der Waals surface area contributed by atoms with Crippen molar-refractivity contribution >= 4 is 27.8 Å². The highest BCUT2D eigenvalue weighted by atomic mass is 32.1. The zero-order valence-electron chi connectivity index (χ0n) is 17.2. The Hall–Kier alpha value is -3.59. The first-order valence-corrected chi connectivity index (χ1v) is 11.0. The number of aromatic amines is 1. The molecule has 1 fully saturated rings. The molecule has 1 atom stereocenters. The van der Waals surface area contributed by atoms with Crippen LogP contribution in [0.15, 0.2) is 53.3 Å². The van der Waals surface area contributed by atoms with E-state index in [-0.39, 0.29) is 22.9 Å². The molecule has 1 N–H and O–H groups in total. The normalized spacial score (nSPS) is 15.9. The van der Waals surface area contributed by atoms with Gasteiger partial charge in [-0.3, -0.25) is 9.69 Å². The second-order valence-corrected chi connectivity index (χ2v) is 8.65. The molecule has 5 rings (SSSR count). The quantitative estimate of drug-likeness (QED) is 0.483. The molecule has 1 aliphatic rings. The number of aromatic nitrogens is 3. The second-order valence-electron chi connectivity index (χ2n) is 7.64. The van der Waals surface area contributed by atoms with Gasteiger partial charge in [-0.05, 0) is 49.6 Å². The van der Waals surface area contributed by atoms with Crippen molar-refractivity contribution in [3.63, 3.8) is 0 Å². The van der Waals surface area contributed by atoms with Crippen LogP contribution in [0.2, 0.25) is 0 Å². The minimum Gasteiger partial charge on any atom is -0.410 e. The van der Waals surface area contributed by atoms with E-state index in [1.807, 2.05) is 19.1 Å². The molecule has 2 aromatic heterocycles. The van der Waals surface area contributed by atoms with E-state index < -0.39 is 17.5 Å². The number of hydrogen-bond acceptors (Lipinski definition) is 6. The largest absolute Gasteiger partial charge is 0.415 e. The minimum absolute atomic E-state index is 0.151. The van der Waals surface area contributed by atoms with Crippen molar-refractivity contribution in [3.05, 3.63) is 75.3 Å². The summed E-state index contributed by atoms with van der Waals surface area (Å²) in [6.45, 7) is 2.47. The Morgan fingerprint density at radius 3 is 2.88 bits per heavy atom. The van der Waals surface area contributed by atoms with E-state index in [2.05, 4.69) is 15.0 Å². The molecule has 1 aliphatic heterocycles. The molecule has 0 radical (unpaired) electrons. The smallest absolute Gasteiger partial charge is 0.410 e. The molecule has 0 spiro atoms. The number of thiazole rings is 1. The van der Waals surface area contributed by atoms with Gasteiger partial charge in [-0.2, -0.15) is 0 Å². The molecule has 0 saturated carbocycles. The second kappa shape index (κ2) is 8.16. The van der Waals surface area contributed by atoms with Gasteiger partial charge in [0, 0.05) is 6.54 Å². The fourth-order valence-electron chi connectivity index (χ4n) is 3.85. The Bertz CT molecular complexity index is 1380. The summed E-state index contributed by atoms with van der Waals surface area (Å²) in [4.78, 5) is 39.0. The number of benzene rings is 2. The fraction of sp³-hybridized carbons (Fsp3) is 0.217. The van der Waals surface area contributed by atoms with E-state index in [1.54, 1.807) is 35.2 Å². The zero-order chi connectivity index (χ0) is 22.2. The molecule has 0 unspecified atom stereocenters. The summed E-state index contributed by atoms with van der Waals surface area (Å²) < 4.78 is 19.7. The van der Waals surface area contributed by atoms with Crippen LogP contribution in [-0.4, -0.2) is 32.5 Å². The van der Waals surface area contributed by atoms with Crippen molar-refractivity contribution in [2.24, 2.45) is 0 Å². The molecular formula is C23H19FN4O3S. The number of fused-ring (bicyclic) bond motifs is 1. The molecule has 1 amide bonds. The van der Waals surface area contributed by atoms with Gasteiger partial charge in [0.2, 0.25) is 0 Å². The number of nitrogens with one attached hydrogen (secondary N) is 1. The number of amides is 1. The standard InChI is InChI=1S/C23H19FN4O3S/c1-13-6-4-7-14(12-13)31-23(30)28-11-5-10-17(28)21-25-18-20(29)26-19(27-22(18)32-21)15-8-2-3-9-16(15)24/h2-4,6-9,12,17H,5,10-11H2,1H3,(H,26,27,29)/t17-/m1/s1. The van der Waals surface area contributed by atoms with Crippen LogP contribution < -0.4 is 10.3 Å². The van der Waals surface area contributed by atoms with E-state index >= 15 is 0 Å². The van der Waals surface area contributed by atoms with Crippen molar-refractivity contribution in [3.8, 4) is 17.1 Å². The lowest BCUT2D eigenvalue weighted by atomic mass is 10.2. The monoisotopic (exact) mass is 450 g/mol. The van der Waals surface area contributed by atoms with Gasteiger partial charge >= 0.3 is 6.09 Å². The van der Waals surface area contributed by atoms with Gasteiger partial charge < -0.3 is 9.72 Å². The van der Waals surface area contributed by atoms with Gasteiger partial charge in [-0.1, -0.05) is 35.6 Å². The van der Waals surface area contributed by atoms with Crippen LogP contribution in [0.5, 0.6) is 5.75 Å². The predicted molar refractivity (Wildman–Crippen MR) is 119 cm³/mol. The summed E-state index contributed by atoms with van der Waals surface area (Å²) in [6.07, 6.45) is 1.06. The number of hydrogen-bond donors (Lipinski definition) is 1. The van der Waals surface area contributed by atoms with Gasteiger partial charge in [-0.15, -0.1) is 0 Å². The van der Waals surface area contributed by atoms with Crippen LogP contribution in [-0.2, 0) is 0 Å². The number of halogens is 1. The number of likely N-dealkylation sites (tertiary alicyclic amines) is 1. The highest BCUT2D eigenvalue weighted by Gasteiger charge is 2.34. The summed E-state index contributed by atoms with van der Waals surface area (Å²) in [5.41, 5.74) is 0.952. The summed E-state index contributed by atoms with van der Waals surface area (Å²) in [7, 11) is 0. The van der Waals surface area contributed by atoms with Gasteiger partial charge in [0.05, 0.1) is 11.6 Å². The molecule has 7 nitrogen and oxygen atoms in total. The summed E-state index contributed by atoms with van der Waals surface area (Å²) in [5, 5.41) is 0.613. The Balaban J connectivity index is 1.46. The van der Waals surface area contributed by atoms with Gasteiger partial charge in [-0.25, -0.2) is 19.2 Å². The number of H-pyrrole nitrogens is 1. The highest BCUT2D eigenvalue weighted by Crippen LogP contribution is 2.36. The zero-order valence-corrected chi connectivity index (χ0v) is 18.0. The van der Waals surface area contributed by atoms with Crippen molar-refractivity contribution < 1.29 is 13.9 Å². The van der Waals surface area contributed by atoms with Crippen LogP contribution in [0, 0.1) is 12.7 Å². The Morgan fingerprint density at radius 2 is 2.06 bits per heavy atom. The molecule has 0 aliphatic carbocycles. The maximum absolute atomic E-state index is 14.2. The topological polar surface area (TPSA) is 88.2 Å². The summed E-state index contributed by atoms with van der Waals surface area (Å²) >= 11 is 1.24. The van der Waals surface area contributed by atoms with Crippen molar-refractivity contribution in [1.29, 1.82) is 0 Å². The van der Waals surface area contributed by atoms with E-state index in [0.29, 0.717) is 28.6 Å². The number of carbonyl (C=O) groups excluding carboxylic acids is 1. The molecule has 9 heteroatoms. The Morgan fingerprint density at radius 1 is 1.22 bits per heavy atom. The number of aryl methyl sites for hydroxylation is 1. The third-order valence-corrected chi connectivity index (χ3v) is 6.43. The minimum atomic E-state index is -0.472. The molecule has 32 heavy (non-hydrogen) atoms. The van der Waals surface area contributed by atoms with Crippen LogP contribution >= 0.6 is 11.3 Å². The van der Waals surface area contributed by atoms with E-state index in [0.717, 1.165) is 12.0 Å². The number of ether oxygens (including phenoxy) is 1. The molecule has 1 saturated heterocycles. The fourth-order valence-corrected chi connectivity index (χ4v) is 4.94. The van der Waals surface area contributed by atoms with Crippen LogP contribution in [0.3, 0.4) is 0 Å². The van der Waals surface area contributed by atoms with Gasteiger partial charge in [0.15, 0.2) is 10.3 Å². The number of rotatable bonds is 3. The number of nitrogens with zero attached hydrogens (tertiary/aromatic N) is 3. The van der Waals surface area contributed by atoms with E-state index in [4.69, 9.17) is 4.74 Å². The van der Waals surface area contributed by atoms with Crippen LogP contribution in [0.1, 0.15) is 29.5 Å². The van der Waals surface area contributed by atoms with Crippen LogP contribution in [0.25, 0.3) is 21.7 Å². The molecular weight excluding hydrogens is 431 g/mol. The van der Waals surface area contributed by atoms with E-state index in [1.165, 1.54) is 17.4 Å². The molecule has 162 valence electrons. The lowest BCUT2D eigenvalue weighted by Gasteiger charge is -2.22. The predicted octanol–water partition coefficient (Wildman–Crippen LogP) is 4.83. The van der Waals surface area contributed by atoms with Gasteiger partial charge in [0.25, 0.3) is 5.56 Å². The highest BCUT2D eigenvalue weighted by molar-refractivity contribution is 7.18. The molecule has 3 heterocycles. The lowest BCUT2D eigenvalue weighted by Crippen LogP contribution is -2.33. The maximum Gasteiger partial charge on any atom is 0.415 e. The Kier molecular flexibility index (Phi) is 5.18. The number of carbonyl (C=O) groups is 1. The van der Waals surface area contributed by atoms with Crippen molar-refractivity contribution in [1.82, 2.24) is 19.9 Å². The first-order chi connectivity index (χ1) is 15.5. The summed E-state index contributed by atoms with van der Waals surface area (Å²) in [5.74, 6) is 0.163. The maximum atomic E-state index is 14.2. The first-order valence-electron chi connectivity index (χ1n) is 10.2. The van der Waals surface area contributed by atoms with Crippen molar-refractivity contribution in [2.45, 2.75) is 25.8 Å². The van der Waals surface area contributed by atoms with E-state index in [9.17, 15) is 14.0 Å². The van der Waals surface area contributed by atoms with Gasteiger partial charge in [0.1, 0.15) is 22.4 Å². The average molecular weight is 450 g/mol. The Labute approximate surface area is 186 Å². The average Bonchev–Trinajstić information content (AvgIpc) is 3.41. The summed E-state index contributed by atoms with van der Waals surface area (Å²) in [6, 6.07) is 13.1. The van der Waals surface area contributed by atoms with Crippen molar-refractivity contribution in [2.75, 3.05) is 6.54 Å². The van der Waals surface area contributed by atoms with Crippen LogP contribution in [0.4, 0.5) is 9.18 Å². The molecule has 2 aromatic carbocycles. The molecule has 0 bridgehead atoms. The lowest BCUT2D eigenvalue weighted by molar-refractivity contribution is 0.147. The SMILES string of the molecule is Cc1cccc(OC(=O)N2CCC[C@@H]2c2nc3c(=O)[nH]c(-c4ccccc4F)nc3s2)c1. The third-order valence-electron chi connectivity index (χ3n) is 5.38. The first kappa shape index (κ1) is 20.3.